The number of ether oxygens (including phenoxy) is 2. The average Bonchev–Trinajstić information content (AvgIpc) is 2.47. The van der Waals surface area contributed by atoms with Gasteiger partial charge in [-0.25, -0.2) is 0 Å². The van der Waals surface area contributed by atoms with E-state index < -0.39 is 0 Å². The highest BCUT2D eigenvalue weighted by Crippen LogP contribution is 2.23. The Morgan fingerprint density at radius 1 is 1.00 bits per heavy atom. The van der Waals surface area contributed by atoms with Crippen LogP contribution in [0, 0.1) is 0 Å². The number of methoxy groups -OCH3 is 2. The zero-order valence-electron chi connectivity index (χ0n) is 11.1. The number of halogens is 1. The van der Waals surface area contributed by atoms with Crippen LogP contribution >= 0.6 is 11.6 Å². The number of carbonyl (C=O) groups is 1. The van der Waals surface area contributed by atoms with E-state index in [1.165, 1.54) is 0 Å². The Labute approximate surface area is 122 Å². The molecule has 0 aromatic heterocycles. The molecule has 0 aliphatic carbocycles. The van der Waals surface area contributed by atoms with Crippen molar-refractivity contribution in [3.8, 4) is 11.5 Å². The number of amides is 1. The molecule has 0 bridgehead atoms. The lowest BCUT2D eigenvalue weighted by atomic mass is 10.2. The summed E-state index contributed by atoms with van der Waals surface area (Å²) in [7, 11) is 3.13. The molecule has 0 radical (unpaired) electrons. The summed E-state index contributed by atoms with van der Waals surface area (Å²) in [5.41, 5.74) is 1.06. The van der Waals surface area contributed by atoms with E-state index in [0.29, 0.717) is 22.0 Å². The first-order valence-corrected chi connectivity index (χ1v) is 6.31. The molecule has 1 N–H and O–H groups in total. The Balaban J connectivity index is 2.14. The van der Waals surface area contributed by atoms with Crippen LogP contribution in [0.2, 0.25) is 5.02 Å². The number of anilines is 1. The lowest BCUT2D eigenvalue weighted by Crippen LogP contribution is -2.12. The van der Waals surface area contributed by atoms with Crippen LogP contribution in [0.25, 0.3) is 0 Å². The van der Waals surface area contributed by atoms with Gasteiger partial charge in [0.05, 0.1) is 24.8 Å². The molecule has 0 fully saturated rings. The van der Waals surface area contributed by atoms with Crippen LogP contribution in [-0.4, -0.2) is 20.1 Å². The quantitative estimate of drug-likeness (QED) is 0.936. The predicted molar refractivity (Wildman–Crippen MR) is 79.0 cm³/mol. The van der Waals surface area contributed by atoms with Gasteiger partial charge < -0.3 is 14.8 Å². The van der Waals surface area contributed by atoms with Gasteiger partial charge in [0.2, 0.25) is 0 Å². The van der Waals surface area contributed by atoms with Crippen LogP contribution in [0.15, 0.2) is 42.5 Å². The van der Waals surface area contributed by atoms with Crippen molar-refractivity contribution in [2.75, 3.05) is 19.5 Å². The summed E-state index contributed by atoms with van der Waals surface area (Å²) >= 11 is 6.06. The summed E-state index contributed by atoms with van der Waals surface area (Å²) in [6.07, 6.45) is 0. The third-order valence-electron chi connectivity index (χ3n) is 2.77. The molecule has 2 rings (SSSR count). The van der Waals surface area contributed by atoms with Gasteiger partial charge in [0, 0.05) is 5.69 Å². The summed E-state index contributed by atoms with van der Waals surface area (Å²) < 4.78 is 10.1. The van der Waals surface area contributed by atoms with E-state index in [1.807, 2.05) is 0 Å². The lowest BCUT2D eigenvalue weighted by molar-refractivity contribution is 0.102. The molecule has 0 saturated carbocycles. The second-order valence-corrected chi connectivity index (χ2v) is 4.44. The van der Waals surface area contributed by atoms with Crippen molar-refractivity contribution < 1.29 is 14.3 Å². The molecule has 0 aliphatic rings. The first kappa shape index (κ1) is 14.2. The number of rotatable bonds is 4. The van der Waals surface area contributed by atoms with E-state index >= 15 is 0 Å². The largest absolute Gasteiger partial charge is 0.497 e. The molecule has 0 aliphatic heterocycles. The Morgan fingerprint density at radius 2 is 1.60 bits per heavy atom. The molecule has 0 spiro atoms. The molecule has 104 valence electrons. The summed E-state index contributed by atoms with van der Waals surface area (Å²) in [5, 5.41) is 3.11. The average molecular weight is 292 g/mol. The van der Waals surface area contributed by atoms with Crippen molar-refractivity contribution >= 4 is 23.2 Å². The van der Waals surface area contributed by atoms with E-state index in [1.54, 1.807) is 56.7 Å². The normalized spacial score (nSPS) is 9.95. The number of benzene rings is 2. The summed E-state index contributed by atoms with van der Waals surface area (Å²) in [6, 6.07) is 12.0. The maximum Gasteiger partial charge on any atom is 0.257 e. The summed E-state index contributed by atoms with van der Waals surface area (Å²) in [4.78, 5) is 12.1. The molecule has 1 amide bonds. The molecule has 0 heterocycles. The van der Waals surface area contributed by atoms with Crippen molar-refractivity contribution in [1.82, 2.24) is 0 Å². The zero-order valence-corrected chi connectivity index (χ0v) is 11.9. The van der Waals surface area contributed by atoms with E-state index in [4.69, 9.17) is 21.1 Å². The van der Waals surface area contributed by atoms with Crippen molar-refractivity contribution in [3.05, 3.63) is 53.1 Å². The Bertz CT molecular complexity index is 611. The van der Waals surface area contributed by atoms with Gasteiger partial charge in [-0.05, 0) is 42.5 Å². The molecule has 0 atom stereocenters. The first-order chi connectivity index (χ1) is 9.63. The van der Waals surface area contributed by atoms with Crippen molar-refractivity contribution in [1.29, 1.82) is 0 Å². The third kappa shape index (κ3) is 3.22. The van der Waals surface area contributed by atoms with E-state index in [2.05, 4.69) is 5.32 Å². The Hall–Kier alpha value is -2.20. The summed E-state index contributed by atoms with van der Waals surface area (Å²) in [5.74, 6) is 1.06. The maximum absolute atomic E-state index is 12.1. The number of carbonyl (C=O) groups excluding carboxylic acids is 1. The minimum absolute atomic E-state index is 0.275. The minimum atomic E-state index is -0.275. The van der Waals surface area contributed by atoms with Crippen molar-refractivity contribution in [2.45, 2.75) is 0 Å². The molecule has 2 aromatic carbocycles. The van der Waals surface area contributed by atoms with E-state index in [-0.39, 0.29) is 5.91 Å². The minimum Gasteiger partial charge on any atom is -0.497 e. The lowest BCUT2D eigenvalue weighted by Gasteiger charge is -2.08. The smallest absolute Gasteiger partial charge is 0.257 e. The number of nitrogens with one attached hydrogen (secondary N) is 1. The second kappa shape index (κ2) is 6.30. The monoisotopic (exact) mass is 291 g/mol. The third-order valence-corrected chi connectivity index (χ3v) is 3.08. The molecule has 20 heavy (non-hydrogen) atoms. The van der Waals surface area contributed by atoms with E-state index in [0.717, 1.165) is 5.75 Å². The van der Waals surface area contributed by atoms with Gasteiger partial charge in [0.1, 0.15) is 11.5 Å². The van der Waals surface area contributed by atoms with Crippen LogP contribution in [0.1, 0.15) is 10.4 Å². The van der Waals surface area contributed by atoms with Gasteiger partial charge >= 0.3 is 0 Å². The first-order valence-electron chi connectivity index (χ1n) is 5.93. The Kier molecular flexibility index (Phi) is 4.48. The number of hydrogen-bond acceptors (Lipinski definition) is 3. The standard InChI is InChI=1S/C15H14ClNO3/c1-19-11-5-3-10(4-6-11)17-15(18)13-8-7-12(20-2)9-14(13)16/h3-9H,1-2H3,(H,17,18). The highest BCUT2D eigenvalue weighted by molar-refractivity contribution is 6.34. The van der Waals surface area contributed by atoms with E-state index in [9.17, 15) is 4.79 Å². The van der Waals surface area contributed by atoms with Crippen LogP contribution in [0.4, 0.5) is 5.69 Å². The van der Waals surface area contributed by atoms with Crippen molar-refractivity contribution in [3.63, 3.8) is 0 Å². The summed E-state index contributed by atoms with van der Waals surface area (Å²) in [6.45, 7) is 0. The van der Waals surface area contributed by atoms with Crippen LogP contribution < -0.4 is 14.8 Å². The second-order valence-electron chi connectivity index (χ2n) is 4.03. The molecular weight excluding hydrogens is 278 g/mol. The highest BCUT2D eigenvalue weighted by Gasteiger charge is 2.11. The molecule has 0 saturated heterocycles. The van der Waals surface area contributed by atoms with Crippen LogP contribution in [-0.2, 0) is 0 Å². The van der Waals surface area contributed by atoms with Gasteiger partial charge in [-0.2, -0.15) is 0 Å². The molecule has 5 heteroatoms. The fourth-order valence-electron chi connectivity index (χ4n) is 1.68. The molecule has 0 unspecified atom stereocenters. The predicted octanol–water partition coefficient (Wildman–Crippen LogP) is 3.61. The Morgan fingerprint density at radius 3 is 2.15 bits per heavy atom. The molecular formula is C15H14ClNO3. The highest BCUT2D eigenvalue weighted by atomic mass is 35.5. The molecule has 4 nitrogen and oxygen atoms in total. The van der Waals surface area contributed by atoms with Gasteiger partial charge in [0.25, 0.3) is 5.91 Å². The van der Waals surface area contributed by atoms with Crippen LogP contribution in [0.5, 0.6) is 11.5 Å². The van der Waals surface area contributed by atoms with Gasteiger partial charge in [-0.15, -0.1) is 0 Å². The van der Waals surface area contributed by atoms with Crippen molar-refractivity contribution in [2.24, 2.45) is 0 Å². The SMILES string of the molecule is COc1ccc(NC(=O)c2ccc(OC)cc2Cl)cc1. The number of hydrogen-bond donors (Lipinski definition) is 1. The van der Waals surface area contributed by atoms with Gasteiger partial charge in [0.15, 0.2) is 0 Å². The van der Waals surface area contributed by atoms with Crippen LogP contribution in [0.3, 0.4) is 0 Å². The molecule has 2 aromatic rings. The van der Waals surface area contributed by atoms with Gasteiger partial charge in [-0.3, -0.25) is 4.79 Å². The fraction of sp³-hybridized carbons (Fsp3) is 0.133. The fourth-order valence-corrected chi connectivity index (χ4v) is 1.94. The van der Waals surface area contributed by atoms with Gasteiger partial charge in [-0.1, -0.05) is 11.6 Å². The maximum atomic E-state index is 12.1. The zero-order chi connectivity index (χ0) is 14.5. The topological polar surface area (TPSA) is 47.6 Å².